The number of aliphatic hydroxyl groups excluding tert-OH is 1. The highest BCUT2D eigenvalue weighted by atomic mass is 35.5. The van der Waals surface area contributed by atoms with Crippen molar-refractivity contribution in [2.24, 2.45) is 5.92 Å². The van der Waals surface area contributed by atoms with Crippen LogP contribution in [-0.4, -0.2) is 17.6 Å². The molecule has 1 aliphatic rings. The van der Waals surface area contributed by atoms with E-state index in [2.05, 4.69) is 5.32 Å². The van der Waals surface area contributed by atoms with E-state index in [1.807, 2.05) is 12.1 Å². The lowest BCUT2D eigenvalue weighted by Crippen LogP contribution is -2.32. The van der Waals surface area contributed by atoms with Gasteiger partial charge in [0.25, 0.3) is 0 Å². The van der Waals surface area contributed by atoms with Crippen LogP contribution in [0.4, 0.5) is 5.69 Å². The Hall–Kier alpha value is -2.04. The average molecular weight is 318 g/mol. The normalized spacial score (nSPS) is 16.5. The van der Waals surface area contributed by atoms with E-state index in [9.17, 15) is 4.79 Å². The Morgan fingerprint density at radius 2 is 2.18 bits per heavy atom. The molecule has 1 atom stereocenters. The van der Waals surface area contributed by atoms with E-state index >= 15 is 0 Å². The number of hydrogen-bond acceptors (Lipinski definition) is 3. The van der Waals surface area contributed by atoms with E-state index in [1.165, 1.54) is 0 Å². The third-order valence-corrected chi connectivity index (χ3v) is 3.91. The second-order valence-electron chi connectivity index (χ2n) is 5.31. The number of halogens is 1. The Labute approximate surface area is 133 Å². The highest BCUT2D eigenvalue weighted by Crippen LogP contribution is 2.30. The van der Waals surface area contributed by atoms with Gasteiger partial charge in [0.1, 0.15) is 12.4 Å². The van der Waals surface area contributed by atoms with Crippen LogP contribution in [0.1, 0.15) is 11.1 Å². The lowest BCUT2D eigenvalue weighted by Gasteiger charge is -2.24. The highest BCUT2D eigenvalue weighted by molar-refractivity contribution is 6.30. The first kappa shape index (κ1) is 14.9. The van der Waals surface area contributed by atoms with Gasteiger partial charge in [0.05, 0.1) is 12.5 Å². The highest BCUT2D eigenvalue weighted by Gasteiger charge is 2.26. The molecule has 2 N–H and O–H groups in total. The molecule has 2 aromatic rings. The Bertz CT molecular complexity index is 702. The summed E-state index contributed by atoms with van der Waals surface area (Å²) < 4.78 is 5.64. The monoisotopic (exact) mass is 317 g/mol. The van der Waals surface area contributed by atoms with E-state index in [0.29, 0.717) is 23.7 Å². The molecule has 0 radical (unpaired) electrons. The van der Waals surface area contributed by atoms with Crippen LogP contribution in [0.25, 0.3) is 0 Å². The number of rotatable bonds is 3. The number of fused-ring (bicyclic) bond motifs is 1. The predicted molar refractivity (Wildman–Crippen MR) is 85.1 cm³/mol. The third kappa shape index (κ3) is 3.24. The van der Waals surface area contributed by atoms with Crippen LogP contribution in [0, 0.1) is 5.92 Å². The van der Waals surface area contributed by atoms with Gasteiger partial charge in [-0.15, -0.1) is 0 Å². The topological polar surface area (TPSA) is 58.6 Å². The minimum Gasteiger partial charge on any atom is -0.492 e. The molecule has 5 heteroatoms. The van der Waals surface area contributed by atoms with Crippen molar-refractivity contribution in [1.82, 2.24) is 0 Å². The maximum atomic E-state index is 12.4. The summed E-state index contributed by atoms with van der Waals surface area (Å²) in [5, 5.41) is 12.6. The fraction of sp³-hybridized carbons (Fsp3) is 0.235. The smallest absolute Gasteiger partial charge is 0.231 e. The van der Waals surface area contributed by atoms with Gasteiger partial charge < -0.3 is 15.2 Å². The Kier molecular flexibility index (Phi) is 4.32. The zero-order chi connectivity index (χ0) is 15.5. The van der Waals surface area contributed by atoms with Crippen LogP contribution in [-0.2, 0) is 17.8 Å². The SMILES string of the molecule is O=C(Nc1cccc(CO)c1)[C@H]1COc2ccc(Cl)cc2C1. The molecular weight excluding hydrogens is 302 g/mol. The zero-order valence-corrected chi connectivity index (χ0v) is 12.6. The summed E-state index contributed by atoms with van der Waals surface area (Å²) >= 11 is 5.99. The lowest BCUT2D eigenvalue weighted by atomic mass is 9.96. The number of ether oxygens (including phenoxy) is 1. The molecule has 2 aromatic carbocycles. The van der Waals surface area contributed by atoms with Gasteiger partial charge in [-0.05, 0) is 47.9 Å². The van der Waals surface area contributed by atoms with Gasteiger partial charge in [-0.3, -0.25) is 4.79 Å². The Balaban J connectivity index is 1.71. The van der Waals surface area contributed by atoms with E-state index in [-0.39, 0.29) is 18.4 Å². The van der Waals surface area contributed by atoms with E-state index in [1.54, 1.807) is 30.3 Å². The maximum absolute atomic E-state index is 12.4. The van der Waals surface area contributed by atoms with Gasteiger partial charge in [0.15, 0.2) is 0 Å². The number of benzene rings is 2. The Morgan fingerprint density at radius 3 is 3.00 bits per heavy atom. The second-order valence-corrected chi connectivity index (χ2v) is 5.75. The fourth-order valence-electron chi connectivity index (χ4n) is 2.52. The van der Waals surface area contributed by atoms with Crippen LogP contribution in [0.3, 0.4) is 0 Å². The molecule has 22 heavy (non-hydrogen) atoms. The summed E-state index contributed by atoms with van der Waals surface area (Å²) in [5.41, 5.74) is 2.38. The summed E-state index contributed by atoms with van der Waals surface area (Å²) in [6.07, 6.45) is 0.599. The molecule has 1 amide bonds. The summed E-state index contributed by atoms with van der Waals surface area (Å²) in [5.74, 6) is 0.431. The molecule has 4 nitrogen and oxygen atoms in total. The first-order chi connectivity index (χ1) is 10.7. The van der Waals surface area contributed by atoms with Crippen molar-refractivity contribution in [2.75, 3.05) is 11.9 Å². The standard InChI is InChI=1S/C17H16ClNO3/c18-14-4-5-16-12(8-14)7-13(10-22-16)17(21)19-15-3-1-2-11(6-15)9-20/h1-6,8,13,20H,7,9-10H2,(H,19,21)/t13-/m1/s1. The van der Waals surface area contributed by atoms with E-state index in [4.69, 9.17) is 21.4 Å². The molecule has 1 heterocycles. The molecule has 0 fully saturated rings. The minimum atomic E-state index is -0.260. The number of amides is 1. The summed E-state index contributed by atoms with van der Waals surface area (Å²) in [6.45, 7) is 0.294. The maximum Gasteiger partial charge on any atom is 0.231 e. The lowest BCUT2D eigenvalue weighted by molar-refractivity contribution is -0.121. The van der Waals surface area contributed by atoms with Crippen LogP contribution >= 0.6 is 11.6 Å². The molecule has 0 bridgehead atoms. The molecule has 0 unspecified atom stereocenters. The molecule has 0 saturated heterocycles. The number of nitrogens with one attached hydrogen (secondary N) is 1. The van der Waals surface area contributed by atoms with Crippen molar-refractivity contribution in [1.29, 1.82) is 0 Å². The van der Waals surface area contributed by atoms with Crippen LogP contribution in [0.15, 0.2) is 42.5 Å². The van der Waals surface area contributed by atoms with Crippen LogP contribution in [0.2, 0.25) is 5.02 Å². The molecular formula is C17H16ClNO3. The number of aliphatic hydroxyl groups is 1. The third-order valence-electron chi connectivity index (χ3n) is 3.68. The van der Waals surface area contributed by atoms with Gasteiger partial charge in [-0.1, -0.05) is 23.7 Å². The molecule has 0 aromatic heterocycles. The van der Waals surface area contributed by atoms with E-state index < -0.39 is 0 Å². The predicted octanol–water partition coefficient (Wildman–Crippen LogP) is 3.02. The Morgan fingerprint density at radius 1 is 1.32 bits per heavy atom. The number of anilines is 1. The fourth-order valence-corrected chi connectivity index (χ4v) is 2.72. The summed E-state index contributed by atoms with van der Waals surface area (Å²) in [7, 11) is 0. The number of carbonyl (C=O) groups excluding carboxylic acids is 1. The van der Waals surface area contributed by atoms with Crippen molar-refractivity contribution in [3.8, 4) is 5.75 Å². The van der Waals surface area contributed by atoms with Gasteiger partial charge in [0.2, 0.25) is 5.91 Å². The average Bonchev–Trinajstić information content (AvgIpc) is 2.54. The van der Waals surface area contributed by atoms with Gasteiger partial charge in [0, 0.05) is 10.7 Å². The van der Waals surface area contributed by atoms with E-state index in [0.717, 1.165) is 16.9 Å². The van der Waals surface area contributed by atoms with Crippen LogP contribution < -0.4 is 10.1 Å². The zero-order valence-electron chi connectivity index (χ0n) is 11.9. The van der Waals surface area contributed by atoms with Crippen molar-refractivity contribution in [2.45, 2.75) is 13.0 Å². The van der Waals surface area contributed by atoms with Crippen LogP contribution in [0.5, 0.6) is 5.75 Å². The van der Waals surface area contributed by atoms with Gasteiger partial charge in [-0.25, -0.2) is 0 Å². The summed E-state index contributed by atoms with van der Waals surface area (Å²) in [6, 6.07) is 12.6. The van der Waals surface area contributed by atoms with Crippen molar-refractivity contribution in [3.63, 3.8) is 0 Å². The van der Waals surface area contributed by atoms with Crippen molar-refractivity contribution >= 4 is 23.2 Å². The molecule has 0 aliphatic carbocycles. The summed E-state index contributed by atoms with van der Waals surface area (Å²) in [4.78, 5) is 12.4. The number of hydrogen-bond donors (Lipinski definition) is 2. The second kappa shape index (κ2) is 6.38. The minimum absolute atomic E-state index is 0.0534. The first-order valence-corrected chi connectivity index (χ1v) is 7.45. The van der Waals surface area contributed by atoms with Gasteiger partial charge in [-0.2, -0.15) is 0 Å². The number of carbonyl (C=O) groups is 1. The molecule has 3 rings (SSSR count). The first-order valence-electron chi connectivity index (χ1n) is 7.07. The van der Waals surface area contributed by atoms with Gasteiger partial charge >= 0.3 is 0 Å². The van der Waals surface area contributed by atoms with Crippen molar-refractivity contribution < 1.29 is 14.6 Å². The quantitative estimate of drug-likeness (QED) is 0.915. The molecule has 0 spiro atoms. The molecule has 0 saturated carbocycles. The van der Waals surface area contributed by atoms with Crippen molar-refractivity contribution in [3.05, 3.63) is 58.6 Å². The largest absolute Gasteiger partial charge is 0.492 e. The molecule has 114 valence electrons. The molecule has 1 aliphatic heterocycles.